The number of hydrogen-bond acceptors (Lipinski definition) is 8. The first-order valence-electron chi connectivity index (χ1n) is 12.2. The number of amides is 2. The molecule has 3 aromatic rings. The number of nitrogens with zero attached hydrogens (tertiary/aromatic N) is 2. The molecule has 0 aromatic heterocycles. The Morgan fingerprint density at radius 2 is 1.97 bits per heavy atom. The lowest BCUT2D eigenvalue weighted by Crippen LogP contribution is -2.39. The van der Waals surface area contributed by atoms with Crippen LogP contribution < -0.4 is 25.9 Å². The highest BCUT2D eigenvalue weighted by Crippen LogP contribution is 2.24. The number of nitrogens with two attached hydrogens (primary N) is 1. The van der Waals surface area contributed by atoms with Crippen molar-refractivity contribution in [2.45, 2.75) is 19.0 Å². The highest BCUT2D eigenvalue weighted by molar-refractivity contribution is 5.96. The zero-order valence-corrected chi connectivity index (χ0v) is 21.1. The molecule has 10 heteroatoms. The fraction of sp³-hybridized carbons (Fsp3) is 0.250. The van der Waals surface area contributed by atoms with Gasteiger partial charge in [0.05, 0.1) is 19.0 Å². The number of phenolic OH excluding ortho intramolecular Hbond substituents is 1. The second-order valence-electron chi connectivity index (χ2n) is 8.94. The SMILES string of the molecule is COc1cc(OCC(=O)NC2CCN(Cc3ccccc3)C2)ccc1C=NNC(=O)c1ccc(O)c(N)c1. The van der Waals surface area contributed by atoms with E-state index >= 15 is 0 Å². The van der Waals surface area contributed by atoms with Crippen molar-refractivity contribution in [3.8, 4) is 17.2 Å². The maximum atomic E-state index is 12.5. The van der Waals surface area contributed by atoms with E-state index in [2.05, 4.69) is 32.9 Å². The molecule has 38 heavy (non-hydrogen) atoms. The average Bonchev–Trinajstić information content (AvgIpc) is 3.36. The first kappa shape index (κ1) is 26.5. The van der Waals surface area contributed by atoms with Crippen molar-refractivity contribution in [1.82, 2.24) is 15.6 Å². The summed E-state index contributed by atoms with van der Waals surface area (Å²) in [4.78, 5) is 27.0. The molecular weight excluding hydrogens is 486 g/mol. The molecule has 1 heterocycles. The lowest BCUT2D eigenvalue weighted by Gasteiger charge is -2.17. The van der Waals surface area contributed by atoms with Gasteiger partial charge < -0.3 is 25.6 Å². The molecule has 1 atom stereocenters. The molecule has 4 rings (SSSR count). The fourth-order valence-electron chi connectivity index (χ4n) is 4.16. The van der Waals surface area contributed by atoms with E-state index in [1.165, 1.54) is 37.1 Å². The van der Waals surface area contributed by atoms with Gasteiger partial charge in [-0.1, -0.05) is 30.3 Å². The Morgan fingerprint density at radius 1 is 1.16 bits per heavy atom. The second kappa shape index (κ2) is 12.6. The molecule has 10 nitrogen and oxygen atoms in total. The van der Waals surface area contributed by atoms with Gasteiger partial charge in [-0.15, -0.1) is 0 Å². The van der Waals surface area contributed by atoms with Gasteiger partial charge in [0.25, 0.3) is 11.8 Å². The number of methoxy groups -OCH3 is 1. The molecule has 0 spiro atoms. The fourth-order valence-corrected chi connectivity index (χ4v) is 4.16. The summed E-state index contributed by atoms with van der Waals surface area (Å²) in [6.45, 7) is 2.50. The van der Waals surface area contributed by atoms with E-state index < -0.39 is 5.91 Å². The van der Waals surface area contributed by atoms with E-state index in [9.17, 15) is 14.7 Å². The predicted octanol–water partition coefficient (Wildman–Crippen LogP) is 2.52. The standard InChI is InChI=1S/C28H31N5O5/c1-37-26-14-23(9-7-21(26)15-30-32-28(36)20-8-10-25(34)24(29)13-20)38-18-27(35)31-22-11-12-33(17-22)16-19-5-3-2-4-6-19/h2-10,13-15,22,34H,11-12,16-18,29H2,1H3,(H,31,35)(H,32,36). The van der Waals surface area contributed by atoms with Gasteiger partial charge >= 0.3 is 0 Å². The summed E-state index contributed by atoms with van der Waals surface area (Å²) in [6, 6.07) is 19.6. The number of anilines is 1. The van der Waals surface area contributed by atoms with Crippen molar-refractivity contribution >= 4 is 23.7 Å². The molecule has 0 radical (unpaired) electrons. The monoisotopic (exact) mass is 517 g/mol. The van der Waals surface area contributed by atoms with Crippen LogP contribution in [-0.2, 0) is 11.3 Å². The normalized spacial score (nSPS) is 15.3. The Balaban J connectivity index is 1.24. The molecule has 198 valence electrons. The van der Waals surface area contributed by atoms with Crippen molar-refractivity contribution in [3.63, 3.8) is 0 Å². The van der Waals surface area contributed by atoms with Crippen LogP contribution in [0.1, 0.15) is 27.9 Å². The van der Waals surface area contributed by atoms with Gasteiger partial charge in [0.2, 0.25) is 0 Å². The van der Waals surface area contributed by atoms with E-state index in [1.807, 2.05) is 18.2 Å². The molecule has 5 N–H and O–H groups in total. The maximum Gasteiger partial charge on any atom is 0.271 e. The molecule has 3 aromatic carbocycles. The topological polar surface area (TPSA) is 139 Å². The van der Waals surface area contributed by atoms with Crippen molar-refractivity contribution in [2.75, 3.05) is 32.5 Å². The molecule has 1 fully saturated rings. The van der Waals surface area contributed by atoms with Crippen LogP contribution >= 0.6 is 0 Å². The van der Waals surface area contributed by atoms with Gasteiger partial charge in [-0.2, -0.15) is 5.10 Å². The summed E-state index contributed by atoms with van der Waals surface area (Å²) in [5, 5.41) is 16.5. The first-order valence-corrected chi connectivity index (χ1v) is 12.2. The number of hydrogen-bond donors (Lipinski definition) is 4. The maximum absolute atomic E-state index is 12.5. The molecule has 1 aliphatic rings. The van der Waals surface area contributed by atoms with Crippen molar-refractivity contribution in [1.29, 1.82) is 0 Å². The van der Waals surface area contributed by atoms with Gasteiger partial charge in [-0.3, -0.25) is 14.5 Å². The van der Waals surface area contributed by atoms with E-state index in [4.69, 9.17) is 15.2 Å². The summed E-state index contributed by atoms with van der Waals surface area (Å²) in [5.74, 6) is 0.165. The predicted molar refractivity (Wildman–Crippen MR) is 144 cm³/mol. The Bertz CT molecular complexity index is 1300. The van der Waals surface area contributed by atoms with Crippen LogP contribution in [0.25, 0.3) is 0 Å². The molecule has 1 aliphatic heterocycles. The molecular formula is C28H31N5O5. The third kappa shape index (κ3) is 7.23. The van der Waals surface area contributed by atoms with Gasteiger partial charge in [0.15, 0.2) is 6.61 Å². The lowest BCUT2D eigenvalue weighted by atomic mass is 10.2. The van der Waals surface area contributed by atoms with E-state index in [-0.39, 0.29) is 35.6 Å². The number of aromatic hydroxyl groups is 1. The second-order valence-corrected chi connectivity index (χ2v) is 8.94. The summed E-state index contributed by atoms with van der Waals surface area (Å²) in [7, 11) is 1.50. The number of benzene rings is 3. The van der Waals surface area contributed by atoms with Gasteiger partial charge in [0.1, 0.15) is 17.2 Å². The molecule has 0 saturated carbocycles. The number of rotatable bonds is 10. The number of hydrazone groups is 1. The minimum atomic E-state index is -0.483. The molecule has 0 aliphatic carbocycles. The molecule has 1 unspecified atom stereocenters. The van der Waals surface area contributed by atoms with E-state index in [1.54, 1.807) is 18.2 Å². The van der Waals surface area contributed by atoms with Crippen molar-refractivity contribution < 1.29 is 24.2 Å². The van der Waals surface area contributed by atoms with Crippen LogP contribution in [0.5, 0.6) is 17.2 Å². The quantitative estimate of drug-likeness (QED) is 0.140. The summed E-state index contributed by atoms with van der Waals surface area (Å²) < 4.78 is 11.1. The average molecular weight is 518 g/mol. The van der Waals surface area contributed by atoms with Gasteiger partial charge in [-0.25, -0.2) is 5.43 Å². The molecule has 0 bridgehead atoms. The van der Waals surface area contributed by atoms with E-state index in [0.29, 0.717) is 17.1 Å². The Hall–Kier alpha value is -4.57. The largest absolute Gasteiger partial charge is 0.506 e. The Kier molecular flexibility index (Phi) is 8.78. The molecule has 2 amide bonds. The van der Waals surface area contributed by atoms with Gasteiger partial charge in [0, 0.05) is 42.9 Å². The van der Waals surface area contributed by atoms with Crippen molar-refractivity contribution in [2.24, 2.45) is 5.10 Å². The van der Waals surface area contributed by atoms with Crippen LogP contribution in [0, 0.1) is 0 Å². The summed E-state index contributed by atoms with van der Waals surface area (Å²) in [6.07, 6.45) is 2.33. The van der Waals surface area contributed by atoms with Crippen LogP contribution in [0.4, 0.5) is 5.69 Å². The van der Waals surface area contributed by atoms with Crippen LogP contribution in [0.2, 0.25) is 0 Å². The number of phenols is 1. The van der Waals surface area contributed by atoms with Crippen LogP contribution in [0.3, 0.4) is 0 Å². The number of carbonyl (C=O) groups excluding carboxylic acids is 2. The number of nitrogens with one attached hydrogen (secondary N) is 2. The number of carbonyl (C=O) groups is 2. The minimum absolute atomic E-state index is 0.0937. The third-order valence-corrected chi connectivity index (χ3v) is 6.12. The number of ether oxygens (including phenoxy) is 2. The highest BCUT2D eigenvalue weighted by atomic mass is 16.5. The first-order chi connectivity index (χ1) is 18.4. The molecule has 1 saturated heterocycles. The Labute approximate surface area is 221 Å². The van der Waals surface area contributed by atoms with Crippen LogP contribution in [-0.4, -0.2) is 60.9 Å². The summed E-state index contributed by atoms with van der Waals surface area (Å²) in [5.41, 5.74) is 10.2. The Morgan fingerprint density at radius 3 is 2.74 bits per heavy atom. The van der Waals surface area contributed by atoms with Gasteiger partial charge in [-0.05, 0) is 42.3 Å². The third-order valence-electron chi connectivity index (χ3n) is 6.12. The minimum Gasteiger partial charge on any atom is -0.506 e. The number of likely N-dealkylation sites (tertiary alicyclic amines) is 1. The van der Waals surface area contributed by atoms with Crippen LogP contribution in [0.15, 0.2) is 71.8 Å². The highest BCUT2D eigenvalue weighted by Gasteiger charge is 2.24. The zero-order valence-electron chi connectivity index (χ0n) is 21.1. The zero-order chi connectivity index (χ0) is 26.9. The van der Waals surface area contributed by atoms with E-state index in [0.717, 1.165) is 26.1 Å². The smallest absolute Gasteiger partial charge is 0.271 e. The number of nitrogen functional groups attached to an aromatic ring is 1. The lowest BCUT2D eigenvalue weighted by molar-refractivity contribution is -0.123. The van der Waals surface area contributed by atoms with Crippen molar-refractivity contribution in [3.05, 3.63) is 83.4 Å². The summed E-state index contributed by atoms with van der Waals surface area (Å²) >= 11 is 0.